The number of carbonyl (C=O) groups excluding carboxylic acids is 1. The molecule has 0 saturated carbocycles. The number of nitrogens with one attached hydrogen (secondary N) is 1. The Kier molecular flexibility index (Phi) is 5.67. The van der Waals surface area contributed by atoms with Crippen molar-refractivity contribution in [3.05, 3.63) is 27.8 Å². The number of halogens is 3. The predicted octanol–water partition coefficient (Wildman–Crippen LogP) is 3.15. The number of aromatic nitrogens is 3. The van der Waals surface area contributed by atoms with E-state index in [9.17, 15) is 23.1 Å². The fourth-order valence-electron chi connectivity index (χ4n) is 2.14. The van der Waals surface area contributed by atoms with Gasteiger partial charge in [0, 0.05) is 16.5 Å². The van der Waals surface area contributed by atoms with E-state index in [-0.39, 0.29) is 11.3 Å². The summed E-state index contributed by atoms with van der Waals surface area (Å²) in [5, 5.41) is 17.2. The molecule has 0 spiro atoms. The third kappa shape index (κ3) is 4.64. The summed E-state index contributed by atoms with van der Waals surface area (Å²) in [5.74, 6) is -0.553. The molecule has 2 unspecified atom stereocenters. The molecule has 150 valence electrons. The van der Waals surface area contributed by atoms with Crippen molar-refractivity contribution in [2.75, 3.05) is 0 Å². The van der Waals surface area contributed by atoms with Crippen LogP contribution in [0.5, 0.6) is 0 Å². The van der Waals surface area contributed by atoms with E-state index >= 15 is 0 Å². The van der Waals surface area contributed by atoms with Gasteiger partial charge in [-0.05, 0) is 13.8 Å². The van der Waals surface area contributed by atoms with Crippen molar-refractivity contribution in [3.63, 3.8) is 0 Å². The summed E-state index contributed by atoms with van der Waals surface area (Å²) in [6.45, 7) is 8.60. The van der Waals surface area contributed by atoms with Gasteiger partial charge in [-0.25, -0.2) is 4.98 Å². The van der Waals surface area contributed by atoms with Gasteiger partial charge in [0.25, 0.3) is 0 Å². The van der Waals surface area contributed by atoms with Crippen LogP contribution in [0.25, 0.3) is 0 Å². The SMILES string of the molecule is Cc1csc(C(O)(CC(=O)NC(C)c2nc(C(C)(C)C)no2)C(F)(F)F)n1. The molecule has 0 aliphatic heterocycles. The molecule has 2 heterocycles. The number of thiazole rings is 1. The number of aliphatic hydroxyl groups is 1. The average Bonchev–Trinajstić information content (AvgIpc) is 3.13. The van der Waals surface area contributed by atoms with Crippen molar-refractivity contribution in [1.82, 2.24) is 20.4 Å². The average molecular weight is 406 g/mol. The highest BCUT2D eigenvalue weighted by Crippen LogP contribution is 2.42. The van der Waals surface area contributed by atoms with Gasteiger partial charge in [0.15, 0.2) is 5.82 Å². The molecule has 0 aliphatic rings. The van der Waals surface area contributed by atoms with Crippen LogP contribution >= 0.6 is 11.3 Å². The monoisotopic (exact) mass is 406 g/mol. The van der Waals surface area contributed by atoms with Crippen molar-refractivity contribution in [2.24, 2.45) is 0 Å². The summed E-state index contributed by atoms with van der Waals surface area (Å²) in [5.41, 5.74) is -3.43. The Labute approximate surface area is 158 Å². The minimum Gasteiger partial charge on any atom is -0.374 e. The molecule has 0 aliphatic carbocycles. The third-order valence-corrected chi connectivity index (χ3v) is 4.83. The largest absolute Gasteiger partial charge is 0.424 e. The van der Waals surface area contributed by atoms with E-state index < -0.39 is 35.2 Å². The smallest absolute Gasteiger partial charge is 0.374 e. The van der Waals surface area contributed by atoms with Gasteiger partial charge in [-0.3, -0.25) is 4.79 Å². The lowest BCUT2D eigenvalue weighted by Gasteiger charge is -2.28. The zero-order valence-electron chi connectivity index (χ0n) is 15.5. The van der Waals surface area contributed by atoms with Crippen LogP contribution in [0.1, 0.15) is 62.6 Å². The Bertz CT molecular complexity index is 812. The zero-order valence-corrected chi connectivity index (χ0v) is 16.3. The summed E-state index contributed by atoms with van der Waals surface area (Å²) < 4.78 is 45.4. The second-order valence-corrected chi connectivity index (χ2v) is 8.18. The fourth-order valence-corrected chi connectivity index (χ4v) is 3.06. The van der Waals surface area contributed by atoms with Crippen LogP contribution in [-0.2, 0) is 15.8 Å². The van der Waals surface area contributed by atoms with E-state index in [2.05, 4.69) is 20.4 Å². The number of rotatable bonds is 5. The molecule has 2 aromatic heterocycles. The van der Waals surface area contributed by atoms with Crippen LogP contribution in [0, 0.1) is 6.92 Å². The molecule has 0 bridgehead atoms. The number of aryl methyl sites for hydroxylation is 1. The number of alkyl halides is 3. The van der Waals surface area contributed by atoms with E-state index in [0.717, 1.165) is 0 Å². The second-order valence-electron chi connectivity index (χ2n) is 7.32. The summed E-state index contributed by atoms with van der Waals surface area (Å²) in [6.07, 6.45) is -6.30. The van der Waals surface area contributed by atoms with Gasteiger partial charge in [-0.15, -0.1) is 11.3 Å². The molecule has 2 N–H and O–H groups in total. The second kappa shape index (κ2) is 7.19. The van der Waals surface area contributed by atoms with Crippen molar-refractivity contribution >= 4 is 17.2 Å². The highest BCUT2D eigenvalue weighted by atomic mass is 32.1. The van der Waals surface area contributed by atoms with Crippen molar-refractivity contribution < 1.29 is 27.6 Å². The molecule has 2 atom stereocenters. The van der Waals surface area contributed by atoms with Gasteiger partial charge < -0.3 is 14.9 Å². The molecule has 1 amide bonds. The van der Waals surface area contributed by atoms with Crippen LogP contribution < -0.4 is 5.32 Å². The molecular formula is C16H21F3N4O3S. The molecule has 2 aromatic rings. The lowest BCUT2D eigenvalue weighted by atomic mass is 9.96. The fraction of sp³-hybridized carbons (Fsp3) is 0.625. The lowest BCUT2D eigenvalue weighted by Crippen LogP contribution is -2.46. The Morgan fingerprint density at radius 3 is 2.41 bits per heavy atom. The molecule has 0 saturated heterocycles. The predicted molar refractivity (Wildman–Crippen MR) is 91.0 cm³/mol. The van der Waals surface area contributed by atoms with E-state index in [1.807, 2.05) is 20.8 Å². The molecule has 2 rings (SSSR count). The van der Waals surface area contributed by atoms with Crippen molar-refractivity contribution in [2.45, 2.75) is 64.3 Å². The van der Waals surface area contributed by atoms with E-state index in [1.165, 1.54) is 19.2 Å². The van der Waals surface area contributed by atoms with Crippen molar-refractivity contribution in [1.29, 1.82) is 0 Å². The maximum atomic E-state index is 13.5. The normalized spacial score (nSPS) is 16.0. The number of amides is 1. The number of nitrogens with zero attached hydrogens (tertiary/aromatic N) is 3. The molecule has 7 nitrogen and oxygen atoms in total. The van der Waals surface area contributed by atoms with Crippen LogP contribution in [0.3, 0.4) is 0 Å². The van der Waals surface area contributed by atoms with Gasteiger partial charge in [0.1, 0.15) is 11.0 Å². The van der Waals surface area contributed by atoms with Gasteiger partial charge in [0.05, 0.1) is 6.42 Å². The highest BCUT2D eigenvalue weighted by molar-refractivity contribution is 7.09. The van der Waals surface area contributed by atoms with Crippen molar-refractivity contribution in [3.8, 4) is 0 Å². The molecule has 0 aromatic carbocycles. The van der Waals surface area contributed by atoms with Crippen LogP contribution in [-0.4, -0.2) is 32.3 Å². The van der Waals surface area contributed by atoms with E-state index in [1.54, 1.807) is 0 Å². The molecule has 0 radical (unpaired) electrons. The standard InChI is InChI=1S/C16H21F3N4O3S/c1-8-7-27-13(20-8)15(25,16(17,18)19)6-10(24)21-9(2)11-22-12(23-26-11)14(3,4)5/h7,9,25H,6H2,1-5H3,(H,21,24). The van der Waals surface area contributed by atoms with Gasteiger partial charge in [0.2, 0.25) is 17.4 Å². The maximum absolute atomic E-state index is 13.5. The first-order valence-electron chi connectivity index (χ1n) is 8.09. The minimum atomic E-state index is -5.07. The van der Waals surface area contributed by atoms with Gasteiger partial charge in [-0.2, -0.15) is 18.2 Å². The Balaban J connectivity index is 2.15. The number of hydrogen-bond acceptors (Lipinski definition) is 7. The quantitative estimate of drug-likeness (QED) is 0.791. The Hall–Kier alpha value is -2.01. The Morgan fingerprint density at radius 1 is 1.33 bits per heavy atom. The third-order valence-electron chi connectivity index (χ3n) is 3.72. The van der Waals surface area contributed by atoms with Gasteiger partial charge >= 0.3 is 6.18 Å². The first-order valence-corrected chi connectivity index (χ1v) is 8.97. The summed E-state index contributed by atoms with van der Waals surface area (Å²) >= 11 is 0.645. The van der Waals surface area contributed by atoms with E-state index in [0.29, 0.717) is 22.9 Å². The highest BCUT2D eigenvalue weighted by Gasteiger charge is 2.58. The van der Waals surface area contributed by atoms with E-state index in [4.69, 9.17) is 4.52 Å². The van der Waals surface area contributed by atoms with Gasteiger partial charge in [-0.1, -0.05) is 25.9 Å². The van der Waals surface area contributed by atoms with Crippen LogP contribution in [0.2, 0.25) is 0 Å². The lowest BCUT2D eigenvalue weighted by molar-refractivity contribution is -0.267. The number of hydrogen-bond donors (Lipinski definition) is 2. The first-order chi connectivity index (χ1) is 12.2. The molecule has 0 fully saturated rings. The summed E-state index contributed by atoms with van der Waals surface area (Å²) in [6, 6.07) is -0.823. The van der Waals surface area contributed by atoms with Crippen LogP contribution in [0.4, 0.5) is 13.2 Å². The summed E-state index contributed by atoms with van der Waals surface area (Å²) in [7, 11) is 0. The molecule has 11 heteroatoms. The maximum Gasteiger partial charge on any atom is 0.424 e. The minimum absolute atomic E-state index is 0.0638. The zero-order chi connectivity index (χ0) is 20.6. The first kappa shape index (κ1) is 21.3. The summed E-state index contributed by atoms with van der Waals surface area (Å²) in [4.78, 5) is 20.0. The molecular weight excluding hydrogens is 385 g/mol. The number of carbonyl (C=O) groups is 1. The topological polar surface area (TPSA) is 101 Å². The Morgan fingerprint density at radius 2 is 1.96 bits per heavy atom. The molecule has 27 heavy (non-hydrogen) atoms. The van der Waals surface area contributed by atoms with Crippen LogP contribution in [0.15, 0.2) is 9.90 Å².